The molecular weight excluding hydrogens is 361 g/mol. The quantitative estimate of drug-likeness (QED) is 0.502. The lowest BCUT2D eigenvalue weighted by atomic mass is 10.1. The fraction of sp³-hybridized carbons (Fsp3) is 0.350. The fourth-order valence-electron chi connectivity index (χ4n) is 2.30. The number of hydrogen-bond donors (Lipinski definition) is 0. The van der Waals surface area contributed by atoms with Gasteiger partial charge in [0.15, 0.2) is 7.11 Å². The van der Waals surface area contributed by atoms with Crippen molar-refractivity contribution < 1.29 is 22.6 Å². The summed E-state index contributed by atoms with van der Waals surface area (Å²) in [6.07, 6.45) is -3.42. The molecule has 2 aromatic carbocycles. The molecule has 1 atom stereocenters. The van der Waals surface area contributed by atoms with E-state index in [0.29, 0.717) is 18.1 Å². The Hall–Kier alpha value is -1.82. The molecule has 140 valence electrons. The molecule has 0 N–H and O–H groups in total. The molecule has 0 amide bonds. The van der Waals surface area contributed by atoms with E-state index in [1.165, 1.54) is 12.1 Å². The highest BCUT2D eigenvalue weighted by molar-refractivity contribution is 7.99. The van der Waals surface area contributed by atoms with Crippen molar-refractivity contribution in [2.45, 2.75) is 31.3 Å². The Kier molecular flexibility index (Phi) is 7.26. The first-order chi connectivity index (χ1) is 12.3. The second-order valence-electron chi connectivity index (χ2n) is 5.96. The average molecular weight is 382 g/mol. The summed E-state index contributed by atoms with van der Waals surface area (Å²) in [5.74, 6) is 2.22. The molecule has 2 radical (unpaired) electrons. The molecule has 0 aliphatic heterocycles. The van der Waals surface area contributed by atoms with Crippen molar-refractivity contribution in [2.24, 2.45) is 5.92 Å². The van der Waals surface area contributed by atoms with Gasteiger partial charge in [-0.1, -0.05) is 6.92 Å². The zero-order valence-electron chi connectivity index (χ0n) is 14.7. The summed E-state index contributed by atoms with van der Waals surface area (Å²) in [5.41, 5.74) is 0.291. The molecule has 1 unspecified atom stereocenters. The molecular formula is C20H21F3O2S. The van der Waals surface area contributed by atoms with Crippen LogP contribution in [0.25, 0.3) is 0 Å². The zero-order valence-corrected chi connectivity index (χ0v) is 15.5. The maximum atomic E-state index is 12.6. The average Bonchev–Trinajstić information content (AvgIpc) is 2.61. The number of rotatable bonds is 8. The van der Waals surface area contributed by atoms with Gasteiger partial charge in [0, 0.05) is 16.6 Å². The van der Waals surface area contributed by atoms with Crippen LogP contribution in [0.3, 0.4) is 0 Å². The third-order valence-corrected chi connectivity index (χ3v) is 5.23. The number of halogens is 3. The largest absolute Gasteiger partial charge is 0.493 e. The maximum absolute atomic E-state index is 12.6. The third-order valence-electron chi connectivity index (χ3n) is 4.00. The zero-order chi connectivity index (χ0) is 19.2. The van der Waals surface area contributed by atoms with E-state index in [0.717, 1.165) is 34.8 Å². The monoisotopic (exact) mass is 382 g/mol. The second kappa shape index (κ2) is 9.21. The van der Waals surface area contributed by atoms with Crippen molar-refractivity contribution in [1.29, 1.82) is 0 Å². The van der Waals surface area contributed by atoms with Crippen molar-refractivity contribution in [3.8, 4) is 11.5 Å². The van der Waals surface area contributed by atoms with Crippen LogP contribution in [0, 0.1) is 20.0 Å². The highest BCUT2D eigenvalue weighted by Crippen LogP contribution is 2.31. The Morgan fingerprint density at radius 3 is 2.35 bits per heavy atom. The SMILES string of the molecule is [CH]Oc1ccc(SCC(CC)COc2ccc(C(F)(F)F)cc2)cc1C. The van der Waals surface area contributed by atoms with Gasteiger partial charge in [0.2, 0.25) is 0 Å². The molecule has 0 bridgehead atoms. The Bertz CT molecular complexity index is 699. The minimum absolute atomic E-state index is 0.285. The van der Waals surface area contributed by atoms with Gasteiger partial charge >= 0.3 is 6.18 Å². The van der Waals surface area contributed by atoms with Gasteiger partial charge in [-0.2, -0.15) is 13.2 Å². The predicted octanol–water partition coefficient (Wildman–Crippen LogP) is 6.26. The van der Waals surface area contributed by atoms with Crippen LogP contribution in [0.5, 0.6) is 11.5 Å². The van der Waals surface area contributed by atoms with Gasteiger partial charge in [0.1, 0.15) is 11.5 Å². The standard InChI is InChI=1S/C20H21F3O2S/c1-4-15(13-26-18-9-10-19(24-3)14(2)11-18)12-25-17-7-5-16(6-8-17)20(21,22)23/h3,5-11,15H,4,12-13H2,1-2H3. The van der Waals surface area contributed by atoms with Crippen molar-refractivity contribution in [3.05, 3.63) is 60.7 Å². The smallest absolute Gasteiger partial charge is 0.416 e. The summed E-state index contributed by atoms with van der Waals surface area (Å²) in [7, 11) is 5.19. The van der Waals surface area contributed by atoms with E-state index in [1.54, 1.807) is 11.8 Å². The highest BCUT2D eigenvalue weighted by atomic mass is 32.2. The molecule has 0 saturated carbocycles. The second-order valence-corrected chi connectivity index (χ2v) is 7.06. The van der Waals surface area contributed by atoms with Gasteiger partial charge in [-0.05, 0) is 61.4 Å². The third kappa shape index (κ3) is 5.87. The van der Waals surface area contributed by atoms with Crippen LogP contribution in [0.4, 0.5) is 13.2 Å². The van der Waals surface area contributed by atoms with E-state index < -0.39 is 11.7 Å². The molecule has 0 aromatic heterocycles. The summed E-state index contributed by atoms with van der Waals surface area (Å²) >= 11 is 1.70. The molecule has 0 aliphatic rings. The van der Waals surface area contributed by atoms with Crippen LogP contribution in [-0.4, -0.2) is 12.4 Å². The molecule has 26 heavy (non-hydrogen) atoms. The first kappa shape index (κ1) is 20.5. The number of hydrogen-bond acceptors (Lipinski definition) is 3. The van der Waals surface area contributed by atoms with Crippen LogP contribution in [0.1, 0.15) is 24.5 Å². The fourth-order valence-corrected chi connectivity index (χ4v) is 3.48. The summed E-state index contributed by atoms with van der Waals surface area (Å²) in [6, 6.07) is 10.6. The van der Waals surface area contributed by atoms with Crippen molar-refractivity contribution in [2.75, 3.05) is 12.4 Å². The minimum Gasteiger partial charge on any atom is -0.493 e. The van der Waals surface area contributed by atoms with Crippen molar-refractivity contribution in [1.82, 2.24) is 0 Å². The van der Waals surface area contributed by atoms with E-state index in [2.05, 4.69) is 6.92 Å². The van der Waals surface area contributed by atoms with E-state index in [1.807, 2.05) is 25.1 Å². The van der Waals surface area contributed by atoms with Gasteiger partial charge < -0.3 is 9.47 Å². The molecule has 0 heterocycles. The summed E-state index contributed by atoms with van der Waals surface area (Å²) in [5, 5.41) is 0. The first-order valence-corrected chi connectivity index (χ1v) is 9.22. The Labute approximate surface area is 156 Å². The van der Waals surface area contributed by atoms with E-state index in [9.17, 15) is 13.2 Å². The minimum atomic E-state index is -4.33. The Morgan fingerprint density at radius 2 is 1.81 bits per heavy atom. The molecule has 0 spiro atoms. The number of ether oxygens (including phenoxy) is 2. The number of alkyl halides is 3. The topological polar surface area (TPSA) is 18.5 Å². The van der Waals surface area contributed by atoms with Crippen LogP contribution >= 0.6 is 11.8 Å². The number of benzene rings is 2. The molecule has 0 saturated heterocycles. The molecule has 0 aliphatic carbocycles. The van der Waals surface area contributed by atoms with Gasteiger partial charge in [-0.15, -0.1) is 11.8 Å². The lowest BCUT2D eigenvalue weighted by Crippen LogP contribution is -2.14. The van der Waals surface area contributed by atoms with E-state index in [-0.39, 0.29) is 5.92 Å². The van der Waals surface area contributed by atoms with Crippen LogP contribution in [-0.2, 0) is 6.18 Å². The first-order valence-electron chi connectivity index (χ1n) is 8.23. The molecule has 2 aromatic rings. The van der Waals surface area contributed by atoms with Gasteiger partial charge in [0.25, 0.3) is 0 Å². The van der Waals surface area contributed by atoms with Crippen molar-refractivity contribution in [3.63, 3.8) is 0 Å². The summed E-state index contributed by atoms with van der Waals surface area (Å²) in [4.78, 5) is 1.11. The molecule has 2 rings (SSSR count). The van der Waals surface area contributed by atoms with Crippen molar-refractivity contribution >= 4 is 11.8 Å². The van der Waals surface area contributed by atoms with E-state index in [4.69, 9.17) is 16.6 Å². The summed E-state index contributed by atoms with van der Waals surface area (Å²) < 4.78 is 48.1. The Morgan fingerprint density at radius 1 is 1.12 bits per heavy atom. The number of thioether (sulfide) groups is 1. The maximum Gasteiger partial charge on any atom is 0.416 e. The lowest BCUT2D eigenvalue weighted by Gasteiger charge is -2.16. The summed E-state index contributed by atoms with van der Waals surface area (Å²) in [6.45, 7) is 4.45. The molecule has 2 nitrogen and oxygen atoms in total. The van der Waals surface area contributed by atoms with Crippen LogP contribution in [0.15, 0.2) is 47.4 Å². The van der Waals surface area contributed by atoms with Gasteiger partial charge in [0.05, 0.1) is 12.2 Å². The highest BCUT2D eigenvalue weighted by Gasteiger charge is 2.30. The Balaban J connectivity index is 1.86. The van der Waals surface area contributed by atoms with Gasteiger partial charge in [-0.25, -0.2) is 0 Å². The number of aryl methyl sites for hydroxylation is 1. The van der Waals surface area contributed by atoms with Crippen LogP contribution in [0.2, 0.25) is 0 Å². The predicted molar refractivity (Wildman–Crippen MR) is 97.6 cm³/mol. The molecule has 0 fully saturated rings. The normalized spacial score (nSPS) is 12.7. The van der Waals surface area contributed by atoms with E-state index >= 15 is 0 Å². The molecule has 6 heteroatoms. The van der Waals surface area contributed by atoms with Crippen LogP contribution < -0.4 is 9.47 Å². The lowest BCUT2D eigenvalue weighted by molar-refractivity contribution is -0.137. The van der Waals surface area contributed by atoms with Gasteiger partial charge in [-0.3, -0.25) is 0 Å².